The average Bonchev–Trinajstić information content (AvgIpc) is 2.93. The molecular weight excluding hydrogens is 426 g/mol. The number of amides is 1. The van der Waals surface area contributed by atoms with Crippen molar-refractivity contribution in [3.63, 3.8) is 0 Å². The van der Waals surface area contributed by atoms with Crippen molar-refractivity contribution in [1.82, 2.24) is 4.90 Å². The topological polar surface area (TPSA) is 59.8 Å². The molecule has 32 heavy (non-hydrogen) atoms. The number of benzene rings is 2. The standard InChI is InChI=1S/C26H26ClNO4/c1-16-22-20(31-24(16)25(30)28-13-5-3-4-6-14-28)11-12-21-23(22)19(29)15-26(2,32-21)17-7-9-18(27)10-8-17/h7-12H,3-6,13-15H2,1-2H3/t26-/m1/s1. The van der Waals surface area contributed by atoms with Gasteiger partial charge in [0.25, 0.3) is 5.91 Å². The van der Waals surface area contributed by atoms with Crippen molar-refractivity contribution in [1.29, 1.82) is 0 Å². The molecule has 1 amide bonds. The number of nitrogens with zero attached hydrogens (tertiary/aromatic N) is 1. The van der Waals surface area contributed by atoms with Gasteiger partial charge in [-0.3, -0.25) is 9.59 Å². The lowest BCUT2D eigenvalue weighted by atomic mass is 9.84. The van der Waals surface area contributed by atoms with Gasteiger partial charge in [0.2, 0.25) is 0 Å². The Bertz CT molecular complexity index is 1200. The summed E-state index contributed by atoms with van der Waals surface area (Å²) in [6.45, 7) is 5.26. The first kappa shape index (κ1) is 21.1. The molecule has 0 N–H and O–H groups in total. The second kappa shape index (κ2) is 7.96. The van der Waals surface area contributed by atoms with Crippen LogP contribution in [0.5, 0.6) is 5.75 Å². The molecule has 6 heteroatoms. The van der Waals surface area contributed by atoms with E-state index < -0.39 is 5.60 Å². The van der Waals surface area contributed by atoms with Crippen LogP contribution in [-0.2, 0) is 5.60 Å². The molecule has 2 aliphatic rings. The molecule has 5 rings (SSSR count). The number of likely N-dealkylation sites (tertiary alicyclic amines) is 1. The lowest BCUT2D eigenvalue weighted by Crippen LogP contribution is -2.36. The van der Waals surface area contributed by atoms with Crippen molar-refractivity contribution < 1.29 is 18.7 Å². The highest BCUT2D eigenvalue weighted by Crippen LogP contribution is 2.44. The molecule has 3 heterocycles. The van der Waals surface area contributed by atoms with Gasteiger partial charge in [0, 0.05) is 29.1 Å². The van der Waals surface area contributed by atoms with Crippen LogP contribution in [0, 0.1) is 6.92 Å². The summed E-state index contributed by atoms with van der Waals surface area (Å²) >= 11 is 6.03. The SMILES string of the molecule is Cc1c(C(=O)N2CCCCCC2)oc2ccc3c(c12)C(=O)C[C@](C)(c1ccc(Cl)cc1)O3. The molecule has 1 fully saturated rings. The number of fused-ring (bicyclic) bond motifs is 3. The molecule has 1 aromatic heterocycles. The van der Waals surface area contributed by atoms with E-state index in [1.165, 1.54) is 0 Å². The summed E-state index contributed by atoms with van der Waals surface area (Å²) in [5.74, 6) is 0.731. The number of aryl methyl sites for hydroxylation is 1. The monoisotopic (exact) mass is 451 g/mol. The summed E-state index contributed by atoms with van der Waals surface area (Å²) in [7, 11) is 0. The largest absolute Gasteiger partial charge is 0.482 e. The lowest BCUT2D eigenvalue weighted by Gasteiger charge is -2.35. The van der Waals surface area contributed by atoms with Crippen LogP contribution in [0.3, 0.4) is 0 Å². The second-order valence-corrected chi connectivity index (χ2v) is 9.45. The molecule has 2 aliphatic heterocycles. The second-order valence-electron chi connectivity index (χ2n) is 9.01. The van der Waals surface area contributed by atoms with E-state index in [1.807, 2.05) is 30.9 Å². The number of halogens is 1. The molecule has 0 aliphatic carbocycles. The van der Waals surface area contributed by atoms with Gasteiger partial charge in [-0.15, -0.1) is 0 Å². The maximum atomic E-state index is 13.4. The number of ether oxygens (including phenoxy) is 1. The molecule has 0 unspecified atom stereocenters. The Morgan fingerprint density at radius 3 is 2.41 bits per heavy atom. The fourth-order valence-corrected chi connectivity index (χ4v) is 5.07. The van der Waals surface area contributed by atoms with Gasteiger partial charge < -0.3 is 14.1 Å². The summed E-state index contributed by atoms with van der Waals surface area (Å²) in [5, 5.41) is 1.32. The summed E-state index contributed by atoms with van der Waals surface area (Å²) in [6, 6.07) is 10.9. The molecule has 0 saturated carbocycles. The smallest absolute Gasteiger partial charge is 0.289 e. The van der Waals surface area contributed by atoms with E-state index in [4.69, 9.17) is 20.8 Å². The van der Waals surface area contributed by atoms with E-state index in [2.05, 4.69) is 0 Å². The van der Waals surface area contributed by atoms with E-state index in [9.17, 15) is 9.59 Å². The fraction of sp³-hybridized carbons (Fsp3) is 0.385. The van der Waals surface area contributed by atoms with Crippen molar-refractivity contribution in [2.45, 2.75) is 51.6 Å². The number of carbonyl (C=O) groups is 2. The first-order chi connectivity index (χ1) is 15.4. The van der Waals surface area contributed by atoms with Crippen molar-refractivity contribution in [3.8, 4) is 5.75 Å². The number of rotatable bonds is 2. The minimum Gasteiger partial charge on any atom is -0.482 e. The third kappa shape index (κ3) is 3.49. The minimum absolute atomic E-state index is 0.0213. The van der Waals surface area contributed by atoms with Gasteiger partial charge >= 0.3 is 0 Å². The third-order valence-electron chi connectivity index (χ3n) is 6.71. The van der Waals surface area contributed by atoms with Crippen molar-refractivity contribution in [2.24, 2.45) is 0 Å². The van der Waals surface area contributed by atoms with Crippen LogP contribution in [0.4, 0.5) is 0 Å². The van der Waals surface area contributed by atoms with Crippen molar-refractivity contribution in [2.75, 3.05) is 13.1 Å². The molecular formula is C26H26ClNO4. The van der Waals surface area contributed by atoms with Gasteiger partial charge in [-0.1, -0.05) is 36.6 Å². The Morgan fingerprint density at radius 1 is 1.03 bits per heavy atom. The quantitative estimate of drug-likeness (QED) is 0.459. The zero-order valence-corrected chi connectivity index (χ0v) is 19.1. The first-order valence-corrected chi connectivity index (χ1v) is 11.6. The molecule has 5 nitrogen and oxygen atoms in total. The molecule has 0 bridgehead atoms. The highest BCUT2D eigenvalue weighted by Gasteiger charge is 2.40. The van der Waals surface area contributed by atoms with Crippen molar-refractivity contribution >= 4 is 34.3 Å². The normalized spacial score (nSPS) is 21.2. The van der Waals surface area contributed by atoms with Crippen LogP contribution in [-0.4, -0.2) is 29.7 Å². The number of Topliss-reactive ketones (excluding diaryl/α,β-unsaturated/α-hetero) is 1. The Kier molecular flexibility index (Phi) is 5.25. The average molecular weight is 452 g/mol. The van der Waals surface area contributed by atoms with Crippen LogP contribution < -0.4 is 4.74 Å². The number of carbonyl (C=O) groups excluding carboxylic acids is 2. The Morgan fingerprint density at radius 2 is 1.72 bits per heavy atom. The van der Waals surface area contributed by atoms with Crippen molar-refractivity contribution in [3.05, 3.63) is 63.9 Å². The molecule has 0 radical (unpaired) electrons. The summed E-state index contributed by atoms with van der Waals surface area (Å²) in [6.07, 6.45) is 4.51. The van der Waals surface area contributed by atoms with Gasteiger partial charge in [0.1, 0.15) is 16.9 Å². The van der Waals surface area contributed by atoms with Crippen LogP contribution in [0.1, 0.15) is 71.1 Å². The van der Waals surface area contributed by atoms with Crippen LogP contribution >= 0.6 is 11.6 Å². The number of hydrogen-bond acceptors (Lipinski definition) is 4. The van der Waals surface area contributed by atoms with Gasteiger partial charge in [0.05, 0.1) is 12.0 Å². The lowest BCUT2D eigenvalue weighted by molar-refractivity contribution is 0.0507. The highest BCUT2D eigenvalue weighted by atomic mass is 35.5. The van der Waals surface area contributed by atoms with Gasteiger partial charge in [-0.25, -0.2) is 0 Å². The predicted molar refractivity (Wildman–Crippen MR) is 124 cm³/mol. The molecule has 0 spiro atoms. The summed E-state index contributed by atoms with van der Waals surface area (Å²) in [4.78, 5) is 28.5. The Labute approximate surface area is 192 Å². The highest BCUT2D eigenvalue weighted by molar-refractivity contribution is 6.30. The number of ketones is 1. The van der Waals surface area contributed by atoms with Gasteiger partial charge in [-0.05, 0) is 56.5 Å². The van der Waals surface area contributed by atoms with Gasteiger partial charge in [0.15, 0.2) is 11.5 Å². The van der Waals surface area contributed by atoms with Crippen LogP contribution in [0.15, 0.2) is 40.8 Å². The van der Waals surface area contributed by atoms with E-state index >= 15 is 0 Å². The van der Waals surface area contributed by atoms with Crippen LogP contribution in [0.25, 0.3) is 11.0 Å². The van der Waals surface area contributed by atoms with Crippen LogP contribution in [0.2, 0.25) is 5.02 Å². The zero-order chi connectivity index (χ0) is 22.5. The molecule has 1 atom stereocenters. The summed E-state index contributed by atoms with van der Waals surface area (Å²) < 4.78 is 12.4. The summed E-state index contributed by atoms with van der Waals surface area (Å²) in [5.41, 5.74) is 1.86. The molecule has 2 aromatic carbocycles. The molecule has 3 aromatic rings. The number of furan rings is 1. The first-order valence-electron chi connectivity index (χ1n) is 11.2. The Balaban J connectivity index is 1.55. The predicted octanol–water partition coefficient (Wildman–Crippen LogP) is 6.29. The number of hydrogen-bond donors (Lipinski definition) is 0. The van der Waals surface area contributed by atoms with E-state index in [-0.39, 0.29) is 18.1 Å². The fourth-order valence-electron chi connectivity index (χ4n) is 4.94. The third-order valence-corrected chi connectivity index (χ3v) is 6.96. The Hall–Kier alpha value is -2.79. The minimum atomic E-state index is -0.787. The van der Waals surface area contributed by atoms with E-state index in [0.717, 1.165) is 44.3 Å². The zero-order valence-electron chi connectivity index (χ0n) is 18.4. The maximum absolute atomic E-state index is 13.4. The van der Waals surface area contributed by atoms with Gasteiger partial charge in [-0.2, -0.15) is 0 Å². The van der Waals surface area contributed by atoms with E-state index in [1.54, 1.807) is 24.3 Å². The van der Waals surface area contributed by atoms with E-state index in [0.29, 0.717) is 38.6 Å². The molecule has 166 valence electrons. The molecule has 1 saturated heterocycles. The maximum Gasteiger partial charge on any atom is 0.289 e.